The number of thioether (sulfide) groups is 1. The Hall–Kier alpha value is -1.68. The highest BCUT2D eigenvalue weighted by atomic mass is 32.2. The van der Waals surface area contributed by atoms with Gasteiger partial charge in [-0.15, -0.1) is 0 Å². The van der Waals surface area contributed by atoms with E-state index < -0.39 is 0 Å². The Morgan fingerprint density at radius 1 is 1.16 bits per heavy atom. The van der Waals surface area contributed by atoms with Gasteiger partial charge in [0.1, 0.15) is 11.5 Å². The minimum atomic E-state index is 0.0918. The fraction of sp³-hybridized carbons (Fsp3) is 0.267. The molecule has 0 aliphatic heterocycles. The maximum atomic E-state index is 11.1. The van der Waals surface area contributed by atoms with Crippen LogP contribution < -0.4 is 9.47 Å². The van der Waals surface area contributed by atoms with E-state index in [0.29, 0.717) is 5.75 Å². The summed E-state index contributed by atoms with van der Waals surface area (Å²) in [6.07, 6.45) is 0. The first kappa shape index (κ1) is 13.7. The lowest BCUT2D eigenvalue weighted by molar-refractivity contribution is -0.109. The Bertz CT molecular complexity index is 608. The number of carbonyl (C=O) groups is 1. The highest BCUT2D eigenvalue weighted by Crippen LogP contribution is 2.38. The van der Waals surface area contributed by atoms with Crippen molar-refractivity contribution in [2.45, 2.75) is 12.7 Å². The van der Waals surface area contributed by atoms with E-state index in [-0.39, 0.29) is 5.12 Å². The van der Waals surface area contributed by atoms with Crippen molar-refractivity contribution in [3.8, 4) is 11.5 Å². The summed E-state index contributed by atoms with van der Waals surface area (Å²) in [5.41, 5.74) is 0.971. The summed E-state index contributed by atoms with van der Waals surface area (Å²) >= 11 is 1.27. The van der Waals surface area contributed by atoms with Gasteiger partial charge in [-0.25, -0.2) is 0 Å². The summed E-state index contributed by atoms with van der Waals surface area (Å²) in [7, 11) is 3.30. The molecule has 0 saturated heterocycles. The van der Waals surface area contributed by atoms with Crippen LogP contribution in [0.2, 0.25) is 0 Å². The van der Waals surface area contributed by atoms with Crippen molar-refractivity contribution in [2.75, 3.05) is 14.2 Å². The van der Waals surface area contributed by atoms with Gasteiger partial charge >= 0.3 is 0 Å². The van der Waals surface area contributed by atoms with E-state index in [2.05, 4.69) is 0 Å². The topological polar surface area (TPSA) is 35.5 Å². The molecule has 0 fully saturated rings. The predicted molar refractivity (Wildman–Crippen MR) is 79.0 cm³/mol. The maximum Gasteiger partial charge on any atom is 0.186 e. The van der Waals surface area contributed by atoms with Gasteiger partial charge in [0.05, 0.1) is 14.2 Å². The second kappa shape index (κ2) is 5.97. The van der Waals surface area contributed by atoms with E-state index in [0.717, 1.165) is 27.8 Å². The first-order valence-electron chi connectivity index (χ1n) is 5.93. The second-order valence-electron chi connectivity index (χ2n) is 4.10. The number of methoxy groups -OCH3 is 2. The Morgan fingerprint density at radius 3 is 2.42 bits per heavy atom. The third-order valence-corrected chi connectivity index (χ3v) is 3.75. The molecular weight excluding hydrogens is 260 g/mol. The minimum Gasteiger partial charge on any atom is -0.496 e. The Labute approximate surface area is 116 Å². The molecule has 0 bridgehead atoms. The van der Waals surface area contributed by atoms with Crippen LogP contribution in [0, 0.1) is 0 Å². The Morgan fingerprint density at radius 2 is 1.84 bits per heavy atom. The molecule has 0 N–H and O–H groups in total. The molecule has 4 heteroatoms. The number of hydrogen-bond donors (Lipinski definition) is 0. The summed E-state index contributed by atoms with van der Waals surface area (Å²) in [5, 5.41) is 2.11. The average Bonchev–Trinajstić information content (AvgIpc) is 2.43. The molecule has 0 amide bonds. The van der Waals surface area contributed by atoms with Gasteiger partial charge in [-0.3, -0.25) is 4.79 Å². The van der Waals surface area contributed by atoms with Gasteiger partial charge in [0.2, 0.25) is 0 Å². The number of carbonyl (C=O) groups excluding carboxylic acids is 1. The minimum absolute atomic E-state index is 0.0918. The summed E-state index contributed by atoms with van der Waals surface area (Å²) in [6.45, 7) is 1.56. The van der Waals surface area contributed by atoms with Gasteiger partial charge in [0.15, 0.2) is 5.12 Å². The van der Waals surface area contributed by atoms with Crippen LogP contribution in [0.5, 0.6) is 11.5 Å². The molecule has 2 aromatic carbocycles. The number of rotatable bonds is 4. The van der Waals surface area contributed by atoms with E-state index in [9.17, 15) is 4.79 Å². The van der Waals surface area contributed by atoms with Crippen molar-refractivity contribution in [1.82, 2.24) is 0 Å². The maximum absolute atomic E-state index is 11.1. The highest BCUT2D eigenvalue weighted by molar-refractivity contribution is 8.12. The molecule has 0 atom stereocenters. The summed E-state index contributed by atoms with van der Waals surface area (Å²) in [4.78, 5) is 11.1. The molecule has 0 aromatic heterocycles. The molecule has 100 valence electrons. The van der Waals surface area contributed by atoms with Gasteiger partial charge in [0.25, 0.3) is 0 Å². The van der Waals surface area contributed by atoms with Crippen LogP contribution in [0.25, 0.3) is 10.8 Å². The monoisotopic (exact) mass is 276 g/mol. The third kappa shape index (κ3) is 2.84. The third-order valence-electron chi connectivity index (χ3n) is 2.89. The van der Waals surface area contributed by atoms with E-state index in [1.807, 2.05) is 30.3 Å². The van der Waals surface area contributed by atoms with Crippen molar-refractivity contribution in [2.24, 2.45) is 0 Å². The van der Waals surface area contributed by atoms with Crippen molar-refractivity contribution >= 4 is 27.6 Å². The number of fused-ring (bicyclic) bond motifs is 1. The standard InChI is InChI=1S/C15H16O3S/c1-10(16)19-9-11-8-14(17-2)12-6-4-5-7-13(12)15(11)18-3/h4-8H,9H2,1-3H3. The van der Waals surface area contributed by atoms with Gasteiger partial charge in [0, 0.05) is 29.0 Å². The lowest BCUT2D eigenvalue weighted by Gasteiger charge is -2.14. The van der Waals surface area contributed by atoms with Crippen LogP contribution in [0.3, 0.4) is 0 Å². The van der Waals surface area contributed by atoms with Crippen LogP contribution in [0.15, 0.2) is 30.3 Å². The zero-order valence-corrected chi connectivity index (χ0v) is 12.0. The lowest BCUT2D eigenvalue weighted by Crippen LogP contribution is -1.96. The van der Waals surface area contributed by atoms with Gasteiger partial charge in [-0.1, -0.05) is 36.0 Å². The van der Waals surface area contributed by atoms with Gasteiger partial charge in [-0.2, -0.15) is 0 Å². The molecule has 3 nitrogen and oxygen atoms in total. The smallest absolute Gasteiger partial charge is 0.186 e. The molecule has 0 saturated carbocycles. The van der Waals surface area contributed by atoms with Crippen LogP contribution in [0.1, 0.15) is 12.5 Å². The fourth-order valence-electron chi connectivity index (χ4n) is 2.07. The Balaban J connectivity index is 2.59. The van der Waals surface area contributed by atoms with Crippen molar-refractivity contribution < 1.29 is 14.3 Å². The zero-order valence-electron chi connectivity index (χ0n) is 11.2. The van der Waals surface area contributed by atoms with Crippen LogP contribution in [-0.2, 0) is 10.5 Å². The first-order valence-corrected chi connectivity index (χ1v) is 6.92. The van der Waals surface area contributed by atoms with Crippen molar-refractivity contribution in [1.29, 1.82) is 0 Å². The van der Waals surface area contributed by atoms with Crippen molar-refractivity contribution in [3.63, 3.8) is 0 Å². The summed E-state index contributed by atoms with van der Waals surface area (Å²) in [5.74, 6) is 2.19. The molecule has 2 rings (SSSR count). The van der Waals surface area contributed by atoms with E-state index >= 15 is 0 Å². The van der Waals surface area contributed by atoms with Gasteiger partial charge < -0.3 is 9.47 Å². The summed E-state index contributed by atoms with van der Waals surface area (Å²) < 4.78 is 10.9. The fourth-order valence-corrected chi connectivity index (χ4v) is 2.64. The van der Waals surface area contributed by atoms with Crippen LogP contribution in [-0.4, -0.2) is 19.3 Å². The molecule has 0 heterocycles. The molecule has 0 aliphatic carbocycles. The van der Waals surface area contributed by atoms with E-state index in [1.54, 1.807) is 21.1 Å². The number of benzene rings is 2. The van der Waals surface area contributed by atoms with Crippen LogP contribution in [0.4, 0.5) is 0 Å². The SMILES string of the molecule is COc1cc(CSC(C)=O)c(OC)c2ccccc12. The molecule has 0 radical (unpaired) electrons. The second-order valence-corrected chi connectivity index (χ2v) is 5.25. The quantitative estimate of drug-likeness (QED) is 0.854. The molecule has 0 unspecified atom stereocenters. The normalized spacial score (nSPS) is 10.5. The summed E-state index contributed by atoms with van der Waals surface area (Å²) in [6, 6.07) is 9.87. The Kier molecular flexibility index (Phi) is 4.32. The molecule has 19 heavy (non-hydrogen) atoms. The molecule has 0 spiro atoms. The van der Waals surface area contributed by atoms with E-state index in [1.165, 1.54) is 11.8 Å². The largest absolute Gasteiger partial charge is 0.496 e. The van der Waals surface area contributed by atoms with Crippen LogP contribution >= 0.6 is 11.8 Å². The van der Waals surface area contributed by atoms with Crippen molar-refractivity contribution in [3.05, 3.63) is 35.9 Å². The number of hydrogen-bond acceptors (Lipinski definition) is 4. The predicted octanol–water partition coefficient (Wildman–Crippen LogP) is 3.64. The first-order chi connectivity index (χ1) is 9.17. The van der Waals surface area contributed by atoms with E-state index in [4.69, 9.17) is 9.47 Å². The van der Waals surface area contributed by atoms with Gasteiger partial charge in [-0.05, 0) is 6.07 Å². The number of ether oxygens (including phenoxy) is 2. The molecule has 2 aromatic rings. The zero-order chi connectivity index (χ0) is 13.8. The molecular formula is C15H16O3S. The highest BCUT2D eigenvalue weighted by Gasteiger charge is 2.13. The average molecular weight is 276 g/mol. The molecule has 0 aliphatic rings. The lowest BCUT2D eigenvalue weighted by atomic mass is 10.0.